The summed E-state index contributed by atoms with van der Waals surface area (Å²) in [5, 5.41) is 0. The summed E-state index contributed by atoms with van der Waals surface area (Å²) in [6.07, 6.45) is 5.48. The Labute approximate surface area is 94.0 Å². The van der Waals surface area contributed by atoms with E-state index in [0.29, 0.717) is 11.6 Å². The molecule has 0 aromatic carbocycles. The molecule has 0 aliphatic heterocycles. The highest BCUT2D eigenvalue weighted by atomic mass is 16.5. The Bertz CT molecular complexity index is 395. The maximum atomic E-state index is 12.1. The lowest BCUT2D eigenvalue weighted by Gasteiger charge is -2.09. The average Bonchev–Trinajstić information content (AvgIpc) is 2.75. The van der Waals surface area contributed by atoms with Crippen LogP contribution in [-0.4, -0.2) is 28.9 Å². The van der Waals surface area contributed by atoms with Gasteiger partial charge in [-0.15, -0.1) is 0 Å². The van der Waals surface area contributed by atoms with Gasteiger partial charge in [0.2, 0.25) is 5.88 Å². The number of ether oxygens (including phenoxy) is 1. The predicted octanol–water partition coefficient (Wildman–Crippen LogP) is 0.795. The van der Waals surface area contributed by atoms with Crippen molar-refractivity contribution in [3.05, 3.63) is 18.1 Å². The van der Waals surface area contributed by atoms with E-state index in [-0.39, 0.29) is 17.7 Å². The first-order valence-electron chi connectivity index (χ1n) is 5.37. The van der Waals surface area contributed by atoms with Gasteiger partial charge >= 0.3 is 0 Å². The van der Waals surface area contributed by atoms with Crippen molar-refractivity contribution in [2.75, 3.05) is 7.11 Å². The number of methoxy groups -OCH3 is 1. The van der Waals surface area contributed by atoms with Gasteiger partial charge in [0.25, 0.3) is 0 Å². The minimum Gasteiger partial charge on any atom is -0.479 e. The Morgan fingerprint density at radius 2 is 2.19 bits per heavy atom. The summed E-state index contributed by atoms with van der Waals surface area (Å²) in [7, 11) is 1.49. The molecule has 0 saturated heterocycles. The predicted molar refractivity (Wildman–Crippen MR) is 58.2 cm³/mol. The molecule has 0 bridgehead atoms. The van der Waals surface area contributed by atoms with Gasteiger partial charge in [-0.25, -0.2) is 9.97 Å². The van der Waals surface area contributed by atoms with Crippen molar-refractivity contribution >= 4 is 5.78 Å². The van der Waals surface area contributed by atoms with E-state index in [1.54, 1.807) is 0 Å². The highest BCUT2D eigenvalue weighted by molar-refractivity contribution is 5.98. The maximum absolute atomic E-state index is 12.1. The first-order valence-corrected chi connectivity index (χ1v) is 5.37. The Hall–Kier alpha value is -1.49. The number of nitrogens with zero attached hydrogens (tertiary/aromatic N) is 2. The smallest absolute Gasteiger partial charge is 0.243 e. The van der Waals surface area contributed by atoms with Gasteiger partial charge in [0.15, 0.2) is 11.5 Å². The van der Waals surface area contributed by atoms with Crippen LogP contribution in [0, 0.1) is 5.92 Å². The largest absolute Gasteiger partial charge is 0.479 e. The fraction of sp³-hybridized carbons (Fsp3) is 0.545. The van der Waals surface area contributed by atoms with Crippen LogP contribution in [0.15, 0.2) is 12.4 Å². The third-order valence-corrected chi connectivity index (χ3v) is 2.94. The molecule has 1 aliphatic carbocycles. The normalized spacial score (nSPS) is 24.4. The maximum Gasteiger partial charge on any atom is 0.243 e. The van der Waals surface area contributed by atoms with E-state index in [1.807, 2.05) is 0 Å². The van der Waals surface area contributed by atoms with Crippen molar-refractivity contribution in [2.24, 2.45) is 11.7 Å². The van der Waals surface area contributed by atoms with Crippen LogP contribution >= 0.6 is 0 Å². The molecule has 1 saturated carbocycles. The Balaban J connectivity index is 2.20. The van der Waals surface area contributed by atoms with Crippen molar-refractivity contribution in [3.63, 3.8) is 0 Å². The number of hydrogen-bond donors (Lipinski definition) is 1. The number of nitrogens with two attached hydrogens (primary N) is 1. The van der Waals surface area contributed by atoms with Gasteiger partial charge in [-0.3, -0.25) is 4.79 Å². The number of rotatable bonds is 3. The molecule has 1 aliphatic rings. The highest BCUT2D eigenvalue weighted by Crippen LogP contribution is 2.28. The molecule has 0 amide bonds. The number of Topliss-reactive ketones (excluding diaryl/α,β-unsaturated/α-hetero) is 1. The molecular formula is C11H15N3O2. The molecule has 1 aromatic heterocycles. The standard InChI is InChI=1S/C11H15N3O2/c1-16-11-9(13-4-5-14-11)10(15)7-2-3-8(12)6-7/h4-5,7-8H,2-3,6,12H2,1H3. The second kappa shape index (κ2) is 4.57. The first kappa shape index (κ1) is 11.0. The van der Waals surface area contributed by atoms with Gasteiger partial charge in [0, 0.05) is 24.4 Å². The number of carbonyl (C=O) groups excluding carboxylic acids is 1. The van der Waals surface area contributed by atoms with E-state index in [2.05, 4.69) is 9.97 Å². The van der Waals surface area contributed by atoms with Crippen LogP contribution in [0.25, 0.3) is 0 Å². The van der Waals surface area contributed by atoms with Crippen LogP contribution in [0.2, 0.25) is 0 Å². The topological polar surface area (TPSA) is 78.1 Å². The van der Waals surface area contributed by atoms with Crippen LogP contribution in [0.4, 0.5) is 0 Å². The lowest BCUT2D eigenvalue weighted by atomic mass is 10.00. The Morgan fingerprint density at radius 3 is 2.81 bits per heavy atom. The lowest BCUT2D eigenvalue weighted by molar-refractivity contribution is 0.0912. The van der Waals surface area contributed by atoms with Gasteiger partial charge in [0.1, 0.15) is 0 Å². The Kier molecular flexibility index (Phi) is 3.14. The summed E-state index contributed by atoms with van der Waals surface area (Å²) < 4.78 is 5.03. The van der Waals surface area contributed by atoms with Crippen molar-refractivity contribution in [3.8, 4) is 5.88 Å². The van der Waals surface area contributed by atoms with E-state index in [1.165, 1.54) is 19.5 Å². The molecule has 0 radical (unpaired) electrons. The molecule has 2 unspecified atom stereocenters. The zero-order chi connectivity index (χ0) is 11.5. The van der Waals surface area contributed by atoms with E-state index in [4.69, 9.17) is 10.5 Å². The highest BCUT2D eigenvalue weighted by Gasteiger charge is 2.31. The van der Waals surface area contributed by atoms with E-state index >= 15 is 0 Å². The van der Waals surface area contributed by atoms with Crippen LogP contribution in [0.3, 0.4) is 0 Å². The molecule has 2 atom stereocenters. The van der Waals surface area contributed by atoms with E-state index < -0.39 is 0 Å². The molecule has 5 nitrogen and oxygen atoms in total. The third kappa shape index (κ3) is 2.04. The zero-order valence-electron chi connectivity index (χ0n) is 9.22. The van der Waals surface area contributed by atoms with Gasteiger partial charge in [-0.05, 0) is 19.3 Å². The summed E-state index contributed by atoms with van der Waals surface area (Å²) >= 11 is 0. The first-order chi connectivity index (χ1) is 7.72. The van der Waals surface area contributed by atoms with Crippen LogP contribution in [0.1, 0.15) is 29.8 Å². The number of aromatic nitrogens is 2. The molecule has 1 heterocycles. The molecule has 2 rings (SSSR count). The third-order valence-electron chi connectivity index (χ3n) is 2.94. The quantitative estimate of drug-likeness (QED) is 0.764. The van der Waals surface area contributed by atoms with E-state index in [9.17, 15) is 4.79 Å². The fourth-order valence-corrected chi connectivity index (χ4v) is 2.09. The summed E-state index contributed by atoms with van der Waals surface area (Å²) in [4.78, 5) is 20.1. The minimum absolute atomic E-state index is 0.00194. The van der Waals surface area contributed by atoms with Gasteiger partial charge < -0.3 is 10.5 Å². The second-order valence-corrected chi connectivity index (χ2v) is 4.05. The summed E-state index contributed by atoms with van der Waals surface area (Å²) in [5.74, 6) is 0.270. The number of ketones is 1. The second-order valence-electron chi connectivity index (χ2n) is 4.05. The lowest BCUT2D eigenvalue weighted by Crippen LogP contribution is -2.19. The molecule has 86 valence electrons. The zero-order valence-corrected chi connectivity index (χ0v) is 9.22. The molecule has 1 fully saturated rings. The molecule has 0 spiro atoms. The van der Waals surface area contributed by atoms with E-state index in [0.717, 1.165) is 19.3 Å². The SMILES string of the molecule is COc1nccnc1C(=O)C1CCC(N)C1. The molecule has 1 aromatic rings. The van der Waals surface area contributed by atoms with Crippen LogP contribution < -0.4 is 10.5 Å². The van der Waals surface area contributed by atoms with Crippen molar-refractivity contribution in [2.45, 2.75) is 25.3 Å². The number of hydrogen-bond acceptors (Lipinski definition) is 5. The van der Waals surface area contributed by atoms with Crippen molar-refractivity contribution in [1.29, 1.82) is 0 Å². The van der Waals surface area contributed by atoms with Gasteiger partial charge in [-0.2, -0.15) is 0 Å². The van der Waals surface area contributed by atoms with Crippen LogP contribution in [-0.2, 0) is 0 Å². The summed E-state index contributed by atoms with van der Waals surface area (Å²) in [6.45, 7) is 0. The minimum atomic E-state index is -0.0272. The Morgan fingerprint density at radius 1 is 1.44 bits per heavy atom. The van der Waals surface area contributed by atoms with Gasteiger partial charge in [0.05, 0.1) is 7.11 Å². The summed E-state index contributed by atoms with van der Waals surface area (Å²) in [6, 6.07) is 0.136. The molecule has 5 heteroatoms. The fourth-order valence-electron chi connectivity index (χ4n) is 2.09. The monoisotopic (exact) mass is 221 g/mol. The van der Waals surface area contributed by atoms with Gasteiger partial charge in [-0.1, -0.05) is 0 Å². The van der Waals surface area contributed by atoms with Crippen molar-refractivity contribution in [1.82, 2.24) is 9.97 Å². The van der Waals surface area contributed by atoms with Crippen LogP contribution in [0.5, 0.6) is 5.88 Å². The average molecular weight is 221 g/mol. The molecule has 16 heavy (non-hydrogen) atoms. The molecular weight excluding hydrogens is 206 g/mol. The van der Waals surface area contributed by atoms with Crippen molar-refractivity contribution < 1.29 is 9.53 Å². The molecule has 2 N–H and O–H groups in total. The number of carbonyl (C=O) groups is 1. The summed E-state index contributed by atoms with van der Waals surface area (Å²) in [5.41, 5.74) is 6.12.